The minimum absolute atomic E-state index is 0.000531. The molecule has 1 aliphatic rings. The number of ether oxygens (including phenoxy) is 2. The molecule has 1 aliphatic carbocycles. The predicted molar refractivity (Wildman–Crippen MR) is 96.8 cm³/mol. The number of unbranched alkanes of at least 4 members (excludes halogenated alkanes) is 1. The van der Waals surface area contributed by atoms with Gasteiger partial charge in [0.1, 0.15) is 12.4 Å². The van der Waals surface area contributed by atoms with Gasteiger partial charge in [-0.2, -0.15) is 0 Å². The molecule has 0 aliphatic heterocycles. The summed E-state index contributed by atoms with van der Waals surface area (Å²) in [6.07, 6.45) is 4.34. The van der Waals surface area contributed by atoms with E-state index in [9.17, 15) is 4.79 Å². The molecule has 1 aromatic carbocycles. The normalized spacial score (nSPS) is 21.0. The number of carbonyl (C=O) groups excluding carboxylic acids is 1. The first-order chi connectivity index (χ1) is 11.4. The van der Waals surface area contributed by atoms with Crippen LogP contribution in [0.1, 0.15) is 53.0 Å². The second-order valence-corrected chi connectivity index (χ2v) is 7.53. The monoisotopic (exact) mass is 330 g/mol. The number of hydrogen-bond acceptors (Lipinski definition) is 3. The molecule has 1 aromatic rings. The maximum absolute atomic E-state index is 12.4. The van der Waals surface area contributed by atoms with Crippen molar-refractivity contribution < 1.29 is 14.3 Å². The molecule has 24 heavy (non-hydrogen) atoms. The van der Waals surface area contributed by atoms with Crippen molar-refractivity contribution in [1.29, 1.82) is 0 Å². The summed E-state index contributed by atoms with van der Waals surface area (Å²) < 4.78 is 11.3. The van der Waals surface area contributed by atoms with E-state index >= 15 is 0 Å². The van der Waals surface area contributed by atoms with Crippen molar-refractivity contribution >= 4 is 5.97 Å². The second-order valence-electron chi connectivity index (χ2n) is 7.53. The van der Waals surface area contributed by atoms with Crippen LogP contribution in [0.5, 0.6) is 5.75 Å². The van der Waals surface area contributed by atoms with Crippen LogP contribution >= 0.6 is 0 Å². The molecule has 0 spiro atoms. The molecule has 3 heteroatoms. The Bertz CT molecular complexity index is 597. The van der Waals surface area contributed by atoms with Gasteiger partial charge in [0, 0.05) is 0 Å². The third-order valence-corrected chi connectivity index (χ3v) is 4.72. The van der Waals surface area contributed by atoms with Crippen LogP contribution in [0.15, 0.2) is 35.9 Å². The van der Waals surface area contributed by atoms with Gasteiger partial charge in [-0.15, -0.1) is 0 Å². The van der Waals surface area contributed by atoms with Crippen LogP contribution in [0.4, 0.5) is 0 Å². The molecule has 0 amide bonds. The Morgan fingerprint density at radius 3 is 2.71 bits per heavy atom. The molecular formula is C21H30O3. The Morgan fingerprint density at radius 2 is 2.04 bits per heavy atom. The lowest BCUT2D eigenvalue weighted by molar-refractivity contribution is -0.147. The molecule has 0 unspecified atom stereocenters. The first kappa shape index (κ1) is 18.6. The fourth-order valence-corrected chi connectivity index (χ4v) is 3.10. The van der Waals surface area contributed by atoms with Crippen molar-refractivity contribution in [3.05, 3.63) is 41.5 Å². The highest BCUT2D eigenvalue weighted by Crippen LogP contribution is 2.59. The summed E-state index contributed by atoms with van der Waals surface area (Å²) in [5.41, 5.74) is 2.22. The van der Waals surface area contributed by atoms with Gasteiger partial charge in [0.05, 0.1) is 12.5 Å². The molecule has 1 fully saturated rings. The molecular weight excluding hydrogens is 300 g/mol. The lowest BCUT2D eigenvalue weighted by atomic mass is 10.1. The Morgan fingerprint density at radius 1 is 1.29 bits per heavy atom. The average molecular weight is 330 g/mol. The van der Waals surface area contributed by atoms with E-state index in [1.165, 1.54) is 5.57 Å². The zero-order valence-corrected chi connectivity index (χ0v) is 15.6. The molecule has 0 bridgehead atoms. The molecule has 0 aromatic heterocycles. The van der Waals surface area contributed by atoms with Crippen LogP contribution in [0.25, 0.3) is 0 Å². The van der Waals surface area contributed by atoms with E-state index in [0.717, 1.165) is 30.8 Å². The van der Waals surface area contributed by atoms with Crippen LogP contribution in [-0.2, 0) is 16.1 Å². The number of benzene rings is 1. The Balaban J connectivity index is 1.88. The Hall–Kier alpha value is -1.77. The summed E-state index contributed by atoms with van der Waals surface area (Å²) >= 11 is 0. The number of esters is 1. The van der Waals surface area contributed by atoms with Gasteiger partial charge in [-0.1, -0.05) is 51.0 Å². The van der Waals surface area contributed by atoms with E-state index in [1.54, 1.807) is 0 Å². The van der Waals surface area contributed by atoms with Crippen molar-refractivity contribution in [1.82, 2.24) is 0 Å². The minimum atomic E-state index is -0.0974. The highest BCUT2D eigenvalue weighted by atomic mass is 16.5. The molecule has 0 N–H and O–H groups in total. The fourth-order valence-electron chi connectivity index (χ4n) is 3.10. The summed E-state index contributed by atoms with van der Waals surface area (Å²) in [5.74, 6) is 1.00. The zero-order chi connectivity index (χ0) is 17.7. The number of carbonyl (C=O) groups is 1. The van der Waals surface area contributed by atoms with Gasteiger partial charge < -0.3 is 9.47 Å². The summed E-state index contributed by atoms with van der Waals surface area (Å²) in [6, 6.07) is 7.80. The van der Waals surface area contributed by atoms with Crippen molar-refractivity contribution in [3.8, 4) is 5.75 Å². The maximum atomic E-state index is 12.4. The molecule has 0 saturated heterocycles. The highest BCUT2D eigenvalue weighted by Gasteiger charge is 2.61. The predicted octanol–water partition coefficient (Wildman–Crippen LogP) is 5.15. The summed E-state index contributed by atoms with van der Waals surface area (Å²) in [4.78, 5) is 12.4. The van der Waals surface area contributed by atoms with E-state index in [4.69, 9.17) is 9.47 Å². The number of rotatable bonds is 8. The van der Waals surface area contributed by atoms with Gasteiger partial charge in [0.25, 0.3) is 0 Å². The molecule has 3 nitrogen and oxygen atoms in total. The van der Waals surface area contributed by atoms with Gasteiger partial charge in [0.2, 0.25) is 0 Å². The van der Waals surface area contributed by atoms with Gasteiger partial charge in [0.15, 0.2) is 0 Å². The average Bonchev–Trinajstić information content (AvgIpc) is 3.05. The summed E-state index contributed by atoms with van der Waals surface area (Å²) in [5, 5.41) is 0. The largest absolute Gasteiger partial charge is 0.494 e. The SMILES string of the molecule is CCCCOc1cccc(COC(=O)[C@@H]2[C@@H](C=C(C)C)C2(C)C)c1. The van der Waals surface area contributed by atoms with Crippen LogP contribution in [0.3, 0.4) is 0 Å². The topological polar surface area (TPSA) is 35.5 Å². The quantitative estimate of drug-likeness (QED) is 0.376. The van der Waals surface area contributed by atoms with Crippen molar-refractivity contribution in [3.63, 3.8) is 0 Å². The Labute approximate surface area is 146 Å². The van der Waals surface area contributed by atoms with Crippen LogP contribution < -0.4 is 4.74 Å². The van der Waals surface area contributed by atoms with E-state index in [2.05, 4.69) is 40.7 Å². The van der Waals surface area contributed by atoms with Gasteiger partial charge in [-0.05, 0) is 49.3 Å². The van der Waals surface area contributed by atoms with Gasteiger partial charge in [-0.3, -0.25) is 4.79 Å². The van der Waals surface area contributed by atoms with E-state index in [1.807, 2.05) is 24.3 Å². The molecule has 132 valence electrons. The summed E-state index contributed by atoms with van der Waals surface area (Å²) in [6.45, 7) is 11.6. The van der Waals surface area contributed by atoms with Crippen molar-refractivity contribution in [2.75, 3.05) is 6.61 Å². The van der Waals surface area contributed by atoms with E-state index in [0.29, 0.717) is 12.5 Å². The molecule has 1 saturated carbocycles. The molecule has 2 atom stereocenters. The first-order valence-electron chi connectivity index (χ1n) is 8.89. The minimum Gasteiger partial charge on any atom is -0.494 e. The van der Waals surface area contributed by atoms with Crippen molar-refractivity contribution in [2.24, 2.45) is 17.3 Å². The lowest BCUT2D eigenvalue weighted by Gasteiger charge is -2.09. The zero-order valence-electron chi connectivity index (χ0n) is 15.6. The first-order valence-corrected chi connectivity index (χ1v) is 8.89. The highest BCUT2D eigenvalue weighted by molar-refractivity contribution is 5.78. The lowest BCUT2D eigenvalue weighted by Crippen LogP contribution is -2.10. The molecule has 0 radical (unpaired) electrons. The van der Waals surface area contributed by atoms with E-state index in [-0.39, 0.29) is 17.3 Å². The fraction of sp³-hybridized carbons (Fsp3) is 0.571. The van der Waals surface area contributed by atoms with Crippen molar-refractivity contribution in [2.45, 2.75) is 54.1 Å². The van der Waals surface area contributed by atoms with Gasteiger partial charge >= 0.3 is 5.97 Å². The van der Waals surface area contributed by atoms with Crippen LogP contribution in [0, 0.1) is 17.3 Å². The number of hydrogen-bond donors (Lipinski definition) is 0. The third-order valence-electron chi connectivity index (χ3n) is 4.72. The molecule has 2 rings (SSSR count). The van der Waals surface area contributed by atoms with Crippen LogP contribution in [-0.4, -0.2) is 12.6 Å². The van der Waals surface area contributed by atoms with E-state index < -0.39 is 0 Å². The summed E-state index contributed by atoms with van der Waals surface area (Å²) in [7, 11) is 0. The van der Waals surface area contributed by atoms with Crippen LogP contribution in [0.2, 0.25) is 0 Å². The third kappa shape index (κ3) is 4.62. The standard InChI is InChI=1S/C21H30O3/c1-6-7-11-23-17-10-8-9-16(13-17)14-24-20(22)19-18(12-15(2)3)21(19,4)5/h8-10,12-13,18-19H,6-7,11,14H2,1-5H3/t18-,19+/m1/s1. The number of allylic oxidation sites excluding steroid dienone is 2. The Kier molecular flexibility index (Phi) is 6.09. The van der Waals surface area contributed by atoms with Gasteiger partial charge in [-0.25, -0.2) is 0 Å². The second kappa shape index (κ2) is 7.87. The smallest absolute Gasteiger partial charge is 0.310 e. The molecule has 0 heterocycles. The maximum Gasteiger partial charge on any atom is 0.310 e.